The van der Waals surface area contributed by atoms with E-state index >= 15 is 0 Å². The lowest BCUT2D eigenvalue weighted by molar-refractivity contribution is -0.174. The Balaban J connectivity index is 1.65. The van der Waals surface area contributed by atoms with Crippen molar-refractivity contribution in [3.8, 4) is 0 Å². The van der Waals surface area contributed by atoms with Crippen molar-refractivity contribution in [1.29, 1.82) is 0 Å². The zero-order chi connectivity index (χ0) is 16.0. The molecule has 0 aromatic rings. The van der Waals surface area contributed by atoms with Gasteiger partial charge < -0.3 is 19.4 Å². The number of hydrogen-bond donors (Lipinski definition) is 0. The van der Waals surface area contributed by atoms with Crippen LogP contribution in [0.15, 0.2) is 0 Å². The summed E-state index contributed by atoms with van der Waals surface area (Å²) in [6, 6.07) is -0.214. The standard InChI is InChI=1S/C17H27N3O3/c1-18-9-6-17(7-10-18)16(22)19-8-2-5-14(19)15(21)20(17)12-13-4-3-11-23-13/h13-14H,2-12H2,1H3. The highest BCUT2D eigenvalue weighted by atomic mass is 16.5. The fraction of sp³-hybridized carbons (Fsp3) is 0.882. The van der Waals surface area contributed by atoms with Crippen molar-refractivity contribution in [3.05, 3.63) is 0 Å². The highest BCUT2D eigenvalue weighted by molar-refractivity contribution is 6.00. The van der Waals surface area contributed by atoms with Gasteiger partial charge in [0.05, 0.1) is 6.10 Å². The predicted molar refractivity (Wildman–Crippen MR) is 84.9 cm³/mol. The number of piperazine rings is 1. The van der Waals surface area contributed by atoms with Crippen LogP contribution in [-0.2, 0) is 14.3 Å². The van der Waals surface area contributed by atoms with Crippen molar-refractivity contribution in [3.63, 3.8) is 0 Å². The minimum absolute atomic E-state index is 0.108. The van der Waals surface area contributed by atoms with Gasteiger partial charge in [0.2, 0.25) is 11.8 Å². The van der Waals surface area contributed by atoms with E-state index in [1.165, 1.54) is 0 Å². The maximum absolute atomic E-state index is 13.3. The van der Waals surface area contributed by atoms with Gasteiger partial charge in [0.25, 0.3) is 0 Å². The molecule has 4 aliphatic rings. The zero-order valence-corrected chi connectivity index (χ0v) is 14.0. The van der Waals surface area contributed by atoms with Gasteiger partial charge in [-0.05, 0) is 45.6 Å². The largest absolute Gasteiger partial charge is 0.376 e. The summed E-state index contributed by atoms with van der Waals surface area (Å²) >= 11 is 0. The van der Waals surface area contributed by atoms with Crippen LogP contribution >= 0.6 is 0 Å². The molecule has 23 heavy (non-hydrogen) atoms. The number of ether oxygens (including phenoxy) is 1. The molecule has 6 nitrogen and oxygen atoms in total. The number of amides is 2. The molecule has 0 saturated carbocycles. The summed E-state index contributed by atoms with van der Waals surface area (Å²) in [5.41, 5.74) is -0.615. The monoisotopic (exact) mass is 321 g/mol. The maximum atomic E-state index is 13.3. The molecule has 0 N–H and O–H groups in total. The van der Waals surface area contributed by atoms with E-state index < -0.39 is 5.54 Å². The van der Waals surface area contributed by atoms with Crippen molar-refractivity contribution in [2.75, 3.05) is 39.8 Å². The minimum atomic E-state index is -0.615. The summed E-state index contributed by atoms with van der Waals surface area (Å²) < 4.78 is 5.78. The third-order valence-electron chi connectivity index (χ3n) is 6.20. The second-order valence-electron chi connectivity index (χ2n) is 7.58. The lowest BCUT2D eigenvalue weighted by Gasteiger charge is -2.53. The topological polar surface area (TPSA) is 53.1 Å². The van der Waals surface area contributed by atoms with Crippen LogP contribution < -0.4 is 0 Å². The van der Waals surface area contributed by atoms with Gasteiger partial charge in [-0.15, -0.1) is 0 Å². The number of carbonyl (C=O) groups is 2. The molecule has 4 fully saturated rings. The van der Waals surface area contributed by atoms with Gasteiger partial charge in [0.15, 0.2) is 0 Å². The first-order valence-electron chi connectivity index (χ1n) is 9.04. The summed E-state index contributed by atoms with van der Waals surface area (Å²) in [5.74, 6) is 0.368. The Morgan fingerprint density at radius 2 is 1.91 bits per heavy atom. The molecule has 2 atom stereocenters. The predicted octanol–water partition coefficient (Wildman–Crippen LogP) is 0.463. The van der Waals surface area contributed by atoms with Crippen molar-refractivity contribution in [1.82, 2.24) is 14.7 Å². The van der Waals surface area contributed by atoms with E-state index in [0.29, 0.717) is 6.54 Å². The average Bonchev–Trinajstić information content (AvgIpc) is 3.23. The first-order valence-corrected chi connectivity index (χ1v) is 9.04. The number of rotatable bonds is 2. The van der Waals surface area contributed by atoms with Crippen molar-refractivity contribution in [2.24, 2.45) is 0 Å². The number of nitrogens with zero attached hydrogens (tertiary/aromatic N) is 3. The van der Waals surface area contributed by atoms with Crippen LogP contribution in [0.3, 0.4) is 0 Å². The molecule has 0 aliphatic carbocycles. The molecule has 0 aromatic heterocycles. The lowest BCUT2D eigenvalue weighted by atomic mass is 9.81. The molecular weight excluding hydrogens is 294 g/mol. The van der Waals surface area contributed by atoms with Gasteiger partial charge >= 0.3 is 0 Å². The smallest absolute Gasteiger partial charge is 0.249 e. The van der Waals surface area contributed by atoms with Crippen LogP contribution in [0.5, 0.6) is 0 Å². The Labute approximate surface area is 137 Å². The molecule has 0 aromatic carbocycles. The fourth-order valence-corrected chi connectivity index (χ4v) is 4.77. The molecule has 4 heterocycles. The van der Waals surface area contributed by atoms with Crippen molar-refractivity contribution >= 4 is 11.8 Å². The lowest BCUT2D eigenvalue weighted by Crippen LogP contribution is -2.73. The van der Waals surface area contributed by atoms with Gasteiger partial charge in [-0.1, -0.05) is 0 Å². The molecule has 6 heteroatoms. The maximum Gasteiger partial charge on any atom is 0.249 e. The van der Waals surface area contributed by atoms with Crippen LogP contribution in [0.1, 0.15) is 38.5 Å². The number of hydrogen-bond acceptors (Lipinski definition) is 4. The summed E-state index contributed by atoms with van der Waals surface area (Å²) in [4.78, 5) is 32.5. The number of likely N-dealkylation sites (tertiary alicyclic amines) is 1. The Hall–Kier alpha value is -1.14. The van der Waals surface area contributed by atoms with Crippen LogP contribution in [0.25, 0.3) is 0 Å². The molecule has 4 rings (SSSR count). The first kappa shape index (κ1) is 15.4. The van der Waals surface area contributed by atoms with Crippen LogP contribution in [0.2, 0.25) is 0 Å². The normalized spacial score (nSPS) is 34.5. The Morgan fingerprint density at radius 3 is 2.61 bits per heavy atom. The number of carbonyl (C=O) groups excluding carboxylic acids is 2. The molecule has 4 aliphatic heterocycles. The van der Waals surface area contributed by atoms with Gasteiger partial charge in [0, 0.05) is 32.8 Å². The average molecular weight is 321 g/mol. The van der Waals surface area contributed by atoms with Crippen LogP contribution in [0.4, 0.5) is 0 Å². The Kier molecular flexibility index (Phi) is 3.84. The minimum Gasteiger partial charge on any atom is -0.376 e. The highest BCUT2D eigenvalue weighted by Gasteiger charge is 2.57. The Morgan fingerprint density at radius 1 is 1.13 bits per heavy atom. The van der Waals surface area contributed by atoms with Gasteiger partial charge in [-0.25, -0.2) is 0 Å². The van der Waals surface area contributed by atoms with Gasteiger partial charge in [-0.3, -0.25) is 9.59 Å². The number of fused-ring (bicyclic) bond motifs is 1. The molecule has 128 valence electrons. The van der Waals surface area contributed by atoms with Crippen molar-refractivity contribution < 1.29 is 14.3 Å². The summed E-state index contributed by atoms with van der Waals surface area (Å²) in [7, 11) is 2.09. The first-order chi connectivity index (χ1) is 11.1. The van der Waals surface area contributed by atoms with Crippen LogP contribution in [0, 0.1) is 0 Å². The molecule has 0 bridgehead atoms. The molecule has 4 saturated heterocycles. The molecular formula is C17H27N3O3. The molecule has 2 unspecified atom stereocenters. The summed E-state index contributed by atoms with van der Waals surface area (Å²) in [6.45, 7) is 3.88. The van der Waals surface area contributed by atoms with E-state index in [1.54, 1.807) is 0 Å². The highest BCUT2D eigenvalue weighted by Crippen LogP contribution is 2.39. The van der Waals surface area contributed by atoms with Crippen LogP contribution in [-0.4, -0.2) is 84.0 Å². The summed E-state index contributed by atoms with van der Waals surface area (Å²) in [6.07, 6.45) is 5.45. The van der Waals surface area contributed by atoms with E-state index in [-0.39, 0.29) is 24.0 Å². The Bertz CT molecular complexity index is 495. The SMILES string of the molecule is CN1CCC2(CC1)C(=O)N1CCCC1C(=O)N2CC1CCCO1. The number of piperidine rings is 1. The summed E-state index contributed by atoms with van der Waals surface area (Å²) in [5, 5.41) is 0. The van der Waals surface area contributed by atoms with Gasteiger partial charge in [-0.2, -0.15) is 0 Å². The van der Waals surface area contributed by atoms with E-state index in [4.69, 9.17) is 4.74 Å². The third kappa shape index (κ3) is 2.38. The molecule has 1 spiro atoms. The molecule has 0 radical (unpaired) electrons. The molecule has 2 amide bonds. The van der Waals surface area contributed by atoms with E-state index in [2.05, 4.69) is 11.9 Å². The quantitative estimate of drug-likeness (QED) is 0.742. The zero-order valence-electron chi connectivity index (χ0n) is 14.0. The van der Waals surface area contributed by atoms with Gasteiger partial charge in [0.1, 0.15) is 11.6 Å². The van der Waals surface area contributed by atoms with E-state index in [9.17, 15) is 9.59 Å². The second-order valence-corrected chi connectivity index (χ2v) is 7.58. The van der Waals surface area contributed by atoms with E-state index in [1.807, 2.05) is 9.80 Å². The third-order valence-corrected chi connectivity index (χ3v) is 6.20. The van der Waals surface area contributed by atoms with Crippen molar-refractivity contribution in [2.45, 2.75) is 56.2 Å². The second kappa shape index (κ2) is 5.74. The van der Waals surface area contributed by atoms with E-state index in [0.717, 1.165) is 64.8 Å². The fourth-order valence-electron chi connectivity index (χ4n) is 4.77.